The third-order valence-electron chi connectivity index (χ3n) is 1.32. The molecule has 5 nitrogen and oxygen atoms in total. The van der Waals surface area contributed by atoms with E-state index in [1.54, 1.807) is 5.01 Å². The summed E-state index contributed by atoms with van der Waals surface area (Å²) in [5, 5.41) is 11.7. The number of quaternary nitrogens is 1. The number of rotatable bonds is 1. The number of nitrogens with two attached hydrogens (primary N) is 1. The van der Waals surface area contributed by atoms with E-state index in [0.717, 1.165) is 0 Å². The highest BCUT2D eigenvalue weighted by atomic mass is 16.6. The van der Waals surface area contributed by atoms with Crippen LogP contribution < -0.4 is 11.1 Å². The van der Waals surface area contributed by atoms with E-state index in [0.29, 0.717) is 26.3 Å². The van der Waals surface area contributed by atoms with E-state index < -0.39 is 0 Å². The van der Waals surface area contributed by atoms with E-state index in [2.05, 4.69) is 0 Å². The van der Waals surface area contributed by atoms with Crippen molar-refractivity contribution in [3.05, 3.63) is 5.21 Å². The maximum atomic E-state index is 10.4. The zero-order chi connectivity index (χ0) is 6.69. The number of ether oxygens (including phenoxy) is 1. The molecule has 0 bridgehead atoms. The molecule has 5 heteroatoms. The van der Waals surface area contributed by atoms with Crippen molar-refractivity contribution < 1.29 is 10.0 Å². The summed E-state index contributed by atoms with van der Waals surface area (Å²) in [7, 11) is 0. The van der Waals surface area contributed by atoms with Gasteiger partial charge in [0.25, 0.3) is 0 Å². The molecule has 1 unspecified atom stereocenters. The average Bonchev–Trinajstić information content (AvgIpc) is 1.90. The lowest BCUT2D eigenvalue weighted by molar-refractivity contribution is -0.985. The standard InChI is InChI=1S/C4H11N3O2/c5-7(8)6-1-3-9-4-2-6/h7H,1-5H2. The van der Waals surface area contributed by atoms with Gasteiger partial charge in [-0.3, -0.25) is 0 Å². The Kier molecular flexibility index (Phi) is 2.38. The first kappa shape index (κ1) is 6.91. The summed E-state index contributed by atoms with van der Waals surface area (Å²) in [5.74, 6) is 5.00. The minimum absolute atomic E-state index is 0.349. The summed E-state index contributed by atoms with van der Waals surface area (Å²) in [5.41, 5.74) is 0. The smallest absolute Gasteiger partial charge is 0.0734 e. The van der Waals surface area contributed by atoms with Crippen LogP contribution in [0.5, 0.6) is 0 Å². The van der Waals surface area contributed by atoms with Crippen LogP contribution in [0.4, 0.5) is 0 Å². The molecule has 1 fully saturated rings. The fraction of sp³-hybridized carbons (Fsp3) is 1.00. The van der Waals surface area contributed by atoms with Gasteiger partial charge >= 0.3 is 0 Å². The third-order valence-corrected chi connectivity index (χ3v) is 1.32. The lowest BCUT2D eigenvalue weighted by Gasteiger charge is -2.31. The summed E-state index contributed by atoms with van der Waals surface area (Å²) in [4.78, 5) is 0. The number of morpholine rings is 1. The van der Waals surface area contributed by atoms with Crippen LogP contribution in [0.2, 0.25) is 0 Å². The van der Waals surface area contributed by atoms with Crippen molar-refractivity contribution in [2.75, 3.05) is 26.3 Å². The van der Waals surface area contributed by atoms with Crippen LogP contribution in [-0.4, -0.2) is 31.3 Å². The molecule has 1 heterocycles. The SMILES string of the molecule is N[NH+]([O-])N1CCOCC1. The summed E-state index contributed by atoms with van der Waals surface area (Å²) < 4.78 is 5.00. The van der Waals surface area contributed by atoms with Gasteiger partial charge in [0.2, 0.25) is 0 Å². The second-order valence-electron chi connectivity index (χ2n) is 1.94. The first-order valence-electron chi connectivity index (χ1n) is 2.93. The summed E-state index contributed by atoms with van der Waals surface area (Å²) in [6.45, 7) is 2.50. The molecule has 0 aliphatic carbocycles. The van der Waals surface area contributed by atoms with Crippen LogP contribution in [0, 0.1) is 5.21 Å². The highest BCUT2D eigenvalue weighted by Gasteiger charge is 2.13. The molecular formula is C4H11N3O2. The number of hydrogen-bond donors (Lipinski definition) is 2. The average molecular weight is 133 g/mol. The van der Waals surface area contributed by atoms with Crippen LogP contribution in [0.1, 0.15) is 0 Å². The number of nitrogens with zero attached hydrogens (tertiary/aromatic N) is 1. The van der Waals surface area contributed by atoms with E-state index in [4.69, 9.17) is 10.6 Å². The maximum absolute atomic E-state index is 10.4. The van der Waals surface area contributed by atoms with Gasteiger partial charge in [0.15, 0.2) is 0 Å². The van der Waals surface area contributed by atoms with Crippen LogP contribution >= 0.6 is 0 Å². The second-order valence-corrected chi connectivity index (χ2v) is 1.94. The molecule has 0 amide bonds. The monoisotopic (exact) mass is 133 g/mol. The molecule has 1 aliphatic rings. The summed E-state index contributed by atoms with van der Waals surface area (Å²) in [6.07, 6.45) is 0. The minimum atomic E-state index is -0.349. The second kappa shape index (κ2) is 3.09. The van der Waals surface area contributed by atoms with Crippen molar-refractivity contribution in [2.45, 2.75) is 0 Å². The molecule has 0 spiro atoms. The zero-order valence-electron chi connectivity index (χ0n) is 5.17. The molecule has 1 aliphatic heterocycles. The van der Waals surface area contributed by atoms with Crippen molar-refractivity contribution in [1.29, 1.82) is 0 Å². The van der Waals surface area contributed by atoms with Gasteiger partial charge in [-0.25, -0.2) is 5.28 Å². The van der Waals surface area contributed by atoms with Crippen molar-refractivity contribution in [3.63, 3.8) is 0 Å². The molecule has 1 rings (SSSR count). The molecule has 1 saturated heterocycles. The molecule has 0 aromatic rings. The Balaban J connectivity index is 2.23. The minimum Gasteiger partial charge on any atom is -0.593 e. The topological polar surface area (TPSA) is 66.0 Å². The van der Waals surface area contributed by atoms with Gasteiger partial charge in [-0.2, -0.15) is 5.84 Å². The first-order valence-corrected chi connectivity index (χ1v) is 2.93. The number of nitrogens with one attached hydrogen (secondary N) is 1. The van der Waals surface area contributed by atoms with E-state index in [9.17, 15) is 5.21 Å². The molecule has 54 valence electrons. The maximum Gasteiger partial charge on any atom is 0.0734 e. The third kappa shape index (κ3) is 1.88. The Bertz CT molecular complexity index is 81.9. The largest absolute Gasteiger partial charge is 0.593 e. The lowest BCUT2D eigenvalue weighted by atomic mass is 10.5. The van der Waals surface area contributed by atoms with Gasteiger partial charge in [0, 0.05) is 0 Å². The van der Waals surface area contributed by atoms with Gasteiger partial charge in [0.1, 0.15) is 0 Å². The quantitative estimate of drug-likeness (QED) is 0.306. The van der Waals surface area contributed by atoms with Gasteiger partial charge in [-0.1, -0.05) is 0 Å². The van der Waals surface area contributed by atoms with Crippen molar-refractivity contribution in [2.24, 2.45) is 5.84 Å². The van der Waals surface area contributed by atoms with Crippen LogP contribution in [-0.2, 0) is 4.74 Å². The Hall–Kier alpha value is -0.200. The van der Waals surface area contributed by atoms with Gasteiger partial charge in [0.05, 0.1) is 26.3 Å². The predicted octanol–water partition coefficient (Wildman–Crippen LogP) is -2.51. The molecule has 1 atom stereocenters. The van der Waals surface area contributed by atoms with Crippen molar-refractivity contribution in [1.82, 2.24) is 5.01 Å². The summed E-state index contributed by atoms with van der Waals surface area (Å²) >= 11 is 0. The Morgan fingerprint density at radius 2 is 2.00 bits per heavy atom. The van der Waals surface area contributed by atoms with Gasteiger partial charge in [-0.05, 0) is 0 Å². The fourth-order valence-corrected chi connectivity index (χ4v) is 0.784. The first-order chi connectivity index (χ1) is 4.30. The summed E-state index contributed by atoms with van der Waals surface area (Å²) in [6, 6.07) is 0. The molecular weight excluding hydrogens is 122 g/mol. The van der Waals surface area contributed by atoms with Crippen LogP contribution in [0.25, 0.3) is 0 Å². The predicted molar refractivity (Wildman–Crippen MR) is 30.9 cm³/mol. The molecule has 0 radical (unpaired) electrons. The van der Waals surface area contributed by atoms with Crippen LogP contribution in [0.3, 0.4) is 0 Å². The molecule has 9 heavy (non-hydrogen) atoms. The Labute approximate surface area is 53.5 Å². The molecule has 0 aromatic carbocycles. The zero-order valence-corrected chi connectivity index (χ0v) is 5.17. The van der Waals surface area contributed by atoms with E-state index in [1.165, 1.54) is 0 Å². The molecule has 3 N–H and O–H groups in total. The van der Waals surface area contributed by atoms with E-state index in [1.807, 2.05) is 0 Å². The molecule has 0 aromatic heterocycles. The van der Waals surface area contributed by atoms with Crippen LogP contribution in [0.15, 0.2) is 0 Å². The Morgan fingerprint density at radius 1 is 1.44 bits per heavy atom. The van der Waals surface area contributed by atoms with Gasteiger partial charge < -0.3 is 9.94 Å². The van der Waals surface area contributed by atoms with E-state index >= 15 is 0 Å². The fourth-order valence-electron chi connectivity index (χ4n) is 0.784. The number of hydrogen-bond acceptors (Lipinski definition) is 4. The Morgan fingerprint density at radius 3 is 2.33 bits per heavy atom. The van der Waals surface area contributed by atoms with Crippen molar-refractivity contribution in [3.8, 4) is 0 Å². The van der Waals surface area contributed by atoms with Crippen molar-refractivity contribution >= 4 is 0 Å². The lowest BCUT2D eigenvalue weighted by Crippen LogP contribution is -3.19. The molecule has 0 saturated carbocycles. The normalized spacial score (nSPS) is 26.0. The van der Waals surface area contributed by atoms with E-state index in [-0.39, 0.29) is 5.28 Å². The highest BCUT2D eigenvalue weighted by molar-refractivity contribution is 4.49. The highest BCUT2D eigenvalue weighted by Crippen LogP contribution is 1.86. The van der Waals surface area contributed by atoms with Gasteiger partial charge in [-0.15, -0.1) is 5.01 Å².